The zero-order valence-corrected chi connectivity index (χ0v) is 14.1. The summed E-state index contributed by atoms with van der Waals surface area (Å²) in [5.41, 5.74) is 1.76. The van der Waals surface area contributed by atoms with Crippen LogP contribution in [0.1, 0.15) is 19.4 Å². The highest BCUT2D eigenvalue weighted by atomic mass is 79.9. The van der Waals surface area contributed by atoms with Crippen molar-refractivity contribution in [3.63, 3.8) is 0 Å². The number of hydrogen-bond acceptors (Lipinski definition) is 2. The first-order chi connectivity index (χ1) is 9.95. The number of halogens is 3. The normalized spacial score (nSPS) is 10.8. The average molecular weight is 373 g/mol. The molecule has 0 fully saturated rings. The largest absolute Gasteiger partial charge is 0.491 e. The highest BCUT2D eigenvalue weighted by Gasteiger charge is 2.08. The van der Waals surface area contributed by atoms with Gasteiger partial charge in [0.25, 0.3) is 0 Å². The van der Waals surface area contributed by atoms with Crippen LogP contribution in [0.4, 0.5) is 10.1 Å². The summed E-state index contributed by atoms with van der Waals surface area (Å²) in [7, 11) is 0. The van der Waals surface area contributed by atoms with Gasteiger partial charge >= 0.3 is 0 Å². The molecule has 112 valence electrons. The number of anilines is 1. The second-order valence-corrected chi connectivity index (χ2v) is 6.17. The van der Waals surface area contributed by atoms with E-state index in [1.54, 1.807) is 0 Å². The fraction of sp³-hybridized carbons (Fsp3) is 0.250. The average Bonchev–Trinajstić information content (AvgIpc) is 2.38. The van der Waals surface area contributed by atoms with Crippen molar-refractivity contribution in [1.29, 1.82) is 0 Å². The van der Waals surface area contributed by atoms with Gasteiger partial charge in [-0.15, -0.1) is 0 Å². The Hall–Kier alpha value is -1.26. The SMILES string of the molecule is CC(C)Oc1ccc(CNc2c(Cl)cc(F)cc2Br)cc1. The lowest BCUT2D eigenvalue weighted by molar-refractivity contribution is 0.242. The summed E-state index contributed by atoms with van der Waals surface area (Å²) in [6.45, 7) is 4.57. The van der Waals surface area contributed by atoms with Crippen LogP contribution >= 0.6 is 27.5 Å². The van der Waals surface area contributed by atoms with Crippen molar-refractivity contribution >= 4 is 33.2 Å². The number of ether oxygens (including phenoxy) is 1. The molecule has 0 saturated heterocycles. The molecule has 2 nitrogen and oxygen atoms in total. The second-order valence-electron chi connectivity index (χ2n) is 4.91. The number of hydrogen-bond donors (Lipinski definition) is 1. The summed E-state index contributed by atoms with van der Waals surface area (Å²) in [5, 5.41) is 3.55. The van der Waals surface area contributed by atoms with Crippen molar-refractivity contribution in [3.05, 3.63) is 57.3 Å². The maximum absolute atomic E-state index is 13.2. The van der Waals surface area contributed by atoms with Gasteiger partial charge in [0.15, 0.2) is 0 Å². The van der Waals surface area contributed by atoms with Crippen LogP contribution in [0.2, 0.25) is 5.02 Å². The summed E-state index contributed by atoms with van der Waals surface area (Å²) in [5.74, 6) is 0.474. The standard InChI is InChI=1S/C16H16BrClFNO/c1-10(2)21-13-5-3-11(4-6-13)9-20-16-14(17)7-12(19)8-15(16)18/h3-8,10,20H,9H2,1-2H3. The van der Waals surface area contributed by atoms with Gasteiger partial charge in [0.1, 0.15) is 11.6 Å². The summed E-state index contributed by atoms with van der Waals surface area (Å²) < 4.78 is 19.4. The van der Waals surface area contributed by atoms with E-state index in [4.69, 9.17) is 16.3 Å². The first-order valence-corrected chi connectivity index (χ1v) is 7.77. The second kappa shape index (κ2) is 7.14. The van der Waals surface area contributed by atoms with Crippen LogP contribution in [0.15, 0.2) is 40.9 Å². The van der Waals surface area contributed by atoms with Crippen LogP contribution in [-0.2, 0) is 6.54 Å². The molecule has 21 heavy (non-hydrogen) atoms. The van der Waals surface area contributed by atoms with Crippen molar-refractivity contribution in [2.75, 3.05) is 5.32 Å². The van der Waals surface area contributed by atoms with E-state index in [1.807, 2.05) is 38.1 Å². The minimum absolute atomic E-state index is 0.156. The highest BCUT2D eigenvalue weighted by Crippen LogP contribution is 2.32. The Morgan fingerprint density at radius 1 is 1.24 bits per heavy atom. The summed E-state index contributed by atoms with van der Waals surface area (Å²) in [6, 6.07) is 10.5. The maximum Gasteiger partial charge on any atom is 0.125 e. The molecule has 2 aromatic rings. The molecule has 0 aliphatic heterocycles. The van der Waals surface area contributed by atoms with E-state index >= 15 is 0 Å². The molecule has 0 aliphatic rings. The zero-order chi connectivity index (χ0) is 15.4. The van der Waals surface area contributed by atoms with Gasteiger partial charge in [-0.05, 0) is 59.6 Å². The van der Waals surface area contributed by atoms with Gasteiger partial charge in [-0.2, -0.15) is 0 Å². The van der Waals surface area contributed by atoms with Crippen molar-refractivity contribution in [2.45, 2.75) is 26.5 Å². The van der Waals surface area contributed by atoms with E-state index in [-0.39, 0.29) is 11.9 Å². The van der Waals surface area contributed by atoms with Crippen molar-refractivity contribution < 1.29 is 9.13 Å². The van der Waals surface area contributed by atoms with Crippen LogP contribution in [0.5, 0.6) is 5.75 Å². The van der Waals surface area contributed by atoms with E-state index in [0.717, 1.165) is 11.3 Å². The van der Waals surface area contributed by atoms with Crippen molar-refractivity contribution in [1.82, 2.24) is 0 Å². The van der Waals surface area contributed by atoms with E-state index in [9.17, 15) is 4.39 Å². The van der Waals surface area contributed by atoms with E-state index < -0.39 is 0 Å². The van der Waals surface area contributed by atoms with Gasteiger partial charge in [-0.1, -0.05) is 23.7 Å². The first-order valence-electron chi connectivity index (χ1n) is 6.59. The monoisotopic (exact) mass is 371 g/mol. The number of benzene rings is 2. The van der Waals surface area contributed by atoms with Gasteiger partial charge in [-0.3, -0.25) is 0 Å². The molecule has 0 heterocycles. The predicted molar refractivity (Wildman–Crippen MR) is 88.6 cm³/mol. The molecule has 0 spiro atoms. The third-order valence-corrected chi connectivity index (χ3v) is 3.69. The van der Waals surface area contributed by atoms with Crippen LogP contribution in [0, 0.1) is 5.82 Å². The Balaban J connectivity index is 2.03. The lowest BCUT2D eigenvalue weighted by atomic mass is 10.2. The van der Waals surface area contributed by atoms with Crippen LogP contribution < -0.4 is 10.1 Å². The predicted octanol–water partition coefficient (Wildman–Crippen LogP) is 5.64. The Kier molecular flexibility index (Phi) is 5.48. The van der Waals surface area contributed by atoms with Crippen LogP contribution in [0.3, 0.4) is 0 Å². The molecular weight excluding hydrogens is 357 g/mol. The molecule has 0 aliphatic carbocycles. The van der Waals surface area contributed by atoms with Gasteiger partial charge in [0.05, 0.1) is 16.8 Å². The zero-order valence-electron chi connectivity index (χ0n) is 11.8. The van der Waals surface area contributed by atoms with Gasteiger partial charge < -0.3 is 10.1 Å². The molecule has 0 saturated carbocycles. The lowest BCUT2D eigenvalue weighted by Gasteiger charge is -2.12. The molecule has 0 unspecified atom stereocenters. The van der Waals surface area contributed by atoms with E-state index in [1.165, 1.54) is 12.1 Å². The minimum atomic E-state index is -0.368. The van der Waals surface area contributed by atoms with Gasteiger partial charge in [-0.25, -0.2) is 4.39 Å². The van der Waals surface area contributed by atoms with Crippen molar-refractivity contribution in [2.24, 2.45) is 0 Å². The molecule has 2 rings (SSSR count). The van der Waals surface area contributed by atoms with Crippen LogP contribution in [0.25, 0.3) is 0 Å². The molecule has 0 aromatic heterocycles. The smallest absolute Gasteiger partial charge is 0.125 e. The third-order valence-electron chi connectivity index (χ3n) is 2.77. The maximum atomic E-state index is 13.2. The van der Waals surface area contributed by atoms with Gasteiger partial charge in [0.2, 0.25) is 0 Å². The quantitative estimate of drug-likeness (QED) is 0.733. The van der Waals surface area contributed by atoms with Crippen LogP contribution in [-0.4, -0.2) is 6.10 Å². The summed E-state index contributed by atoms with van der Waals surface area (Å²) >= 11 is 9.33. The lowest BCUT2D eigenvalue weighted by Crippen LogP contribution is -2.06. The van der Waals surface area contributed by atoms with Gasteiger partial charge in [0, 0.05) is 11.0 Å². The third kappa shape index (κ3) is 4.61. The van der Waals surface area contributed by atoms with Crippen molar-refractivity contribution in [3.8, 4) is 5.75 Å². The Bertz CT molecular complexity index is 593. The molecule has 0 amide bonds. The van der Waals surface area contributed by atoms with E-state index in [0.29, 0.717) is 21.7 Å². The fourth-order valence-electron chi connectivity index (χ4n) is 1.86. The fourth-order valence-corrected chi connectivity index (χ4v) is 2.82. The molecule has 5 heteroatoms. The molecule has 2 aromatic carbocycles. The highest BCUT2D eigenvalue weighted by molar-refractivity contribution is 9.10. The van der Waals surface area contributed by atoms with E-state index in [2.05, 4.69) is 21.2 Å². The minimum Gasteiger partial charge on any atom is -0.491 e. The molecule has 0 atom stereocenters. The number of nitrogens with one attached hydrogen (secondary N) is 1. The topological polar surface area (TPSA) is 21.3 Å². The summed E-state index contributed by atoms with van der Waals surface area (Å²) in [4.78, 5) is 0. The Morgan fingerprint density at radius 3 is 2.48 bits per heavy atom. The molecular formula is C16H16BrClFNO. The molecule has 0 bridgehead atoms. The summed E-state index contributed by atoms with van der Waals surface area (Å²) in [6.07, 6.45) is 0.156. The molecule has 1 N–H and O–H groups in total. The Morgan fingerprint density at radius 2 is 1.90 bits per heavy atom. The number of rotatable bonds is 5. The Labute approximate surface area is 137 Å². The molecule has 0 radical (unpaired) electrons. The first kappa shape index (κ1) is 16.1.